The summed E-state index contributed by atoms with van der Waals surface area (Å²) in [5.74, 6) is 0.0945. The van der Waals surface area contributed by atoms with E-state index in [0.29, 0.717) is 43.4 Å². The number of aromatic nitrogens is 2. The van der Waals surface area contributed by atoms with Gasteiger partial charge in [-0.15, -0.1) is 0 Å². The third-order valence-electron chi connectivity index (χ3n) is 4.83. The van der Waals surface area contributed by atoms with Crippen molar-refractivity contribution in [1.82, 2.24) is 14.9 Å². The summed E-state index contributed by atoms with van der Waals surface area (Å²) in [6.07, 6.45) is 0. The molecular weight excluding hydrogens is 328 g/mol. The molecule has 3 aromatic rings. The maximum Gasteiger partial charge on any atom is 0.300 e. The van der Waals surface area contributed by atoms with Gasteiger partial charge < -0.3 is 14.2 Å². The molecule has 0 spiro atoms. The molecule has 1 aromatic carbocycles. The third-order valence-corrected chi connectivity index (χ3v) is 4.83. The van der Waals surface area contributed by atoms with E-state index in [1.165, 1.54) is 5.56 Å². The summed E-state index contributed by atoms with van der Waals surface area (Å²) >= 11 is 0. The molecule has 1 aliphatic rings. The summed E-state index contributed by atoms with van der Waals surface area (Å²) in [4.78, 5) is 25.7. The number of benzene rings is 1. The number of aryl methyl sites for hydroxylation is 3. The first kappa shape index (κ1) is 16.6. The van der Waals surface area contributed by atoms with Crippen LogP contribution in [0.3, 0.4) is 0 Å². The SMILES string of the molecule is Cc1ccc(C(=O)N2CCN(c3nc4nc(C)ccc4o3)CC2)c(C)c1. The number of hydrogen-bond donors (Lipinski definition) is 0. The van der Waals surface area contributed by atoms with Crippen molar-refractivity contribution in [3.63, 3.8) is 0 Å². The average Bonchev–Trinajstić information content (AvgIpc) is 3.04. The van der Waals surface area contributed by atoms with Crippen LogP contribution in [-0.4, -0.2) is 47.0 Å². The summed E-state index contributed by atoms with van der Waals surface area (Å²) in [6, 6.07) is 10.4. The van der Waals surface area contributed by atoms with E-state index in [0.717, 1.165) is 16.8 Å². The molecule has 0 saturated carbocycles. The normalized spacial score (nSPS) is 14.9. The Balaban J connectivity index is 1.47. The van der Waals surface area contributed by atoms with E-state index >= 15 is 0 Å². The Bertz CT molecular complexity index is 971. The van der Waals surface area contributed by atoms with E-state index in [4.69, 9.17) is 4.42 Å². The predicted molar refractivity (Wildman–Crippen MR) is 101 cm³/mol. The number of rotatable bonds is 2. The molecule has 134 valence electrons. The molecule has 1 amide bonds. The predicted octanol–water partition coefficient (Wildman–Crippen LogP) is 3.11. The van der Waals surface area contributed by atoms with Crippen molar-refractivity contribution in [1.29, 1.82) is 0 Å². The van der Waals surface area contributed by atoms with Crippen LogP contribution in [0.25, 0.3) is 11.2 Å². The molecule has 3 heterocycles. The summed E-state index contributed by atoms with van der Waals surface area (Å²) in [7, 11) is 0. The quantitative estimate of drug-likeness (QED) is 0.711. The fourth-order valence-electron chi connectivity index (χ4n) is 3.36. The van der Waals surface area contributed by atoms with Gasteiger partial charge in [0.1, 0.15) is 0 Å². The molecule has 4 rings (SSSR count). The van der Waals surface area contributed by atoms with Crippen LogP contribution >= 0.6 is 0 Å². The van der Waals surface area contributed by atoms with Crippen molar-refractivity contribution in [2.24, 2.45) is 0 Å². The van der Waals surface area contributed by atoms with Crippen LogP contribution in [0, 0.1) is 20.8 Å². The number of pyridine rings is 1. The largest absolute Gasteiger partial charge is 0.422 e. The molecule has 1 fully saturated rings. The Labute approximate surface area is 152 Å². The van der Waals surface area contributed by atoms with Crippen molar-refractivity contribution < 1.29 is 9.21 Å². The van der Waals surface area contributed by atoms with Crippen molar-refractivity contribution >= 4 is 23.2 Å². The molecule has 1 saturated heterocycles. The lowest BCUT2D eigenvalue weighted by Gasteiger charge is -2.34. The molecule has 6 heteroatoms. The highest BCUT2D eigenvalue weighted by atomic mass is 16.4. The van der Waals surface area contributed by atoms with Crippen LogP contribution in [0.15, 0.2) is 34.7 Å². The molecule has 6 nitrogen and oxygen atoms in total. The van der Waals surface area contributed by atoms with Gasteiger partial charge in [0, 0.05) is 37.4 Å². The lowest BCUT2D eigenvalue weighted by atomic mass is 10.0. The first-order valence-electron chi connectivity index (χ1n) is 8.87. The molecule has 0 unspecified atom stereocenters. The maximum absolute atomic E-state index is 12.8. The van der Waals surface area contributed by atoms with E-state index in [2.05, 4.69) is 20.9 Å². The Hall–Kier alpha value is -2.89. The van der Waals surface area contributed by atoms with Crippen molar-refractivity contribution in [3.05, 3.63) is 52.7 Å². The summed E-state index contributed by atoms with van der Waals surface area (Å²) in [6.45, 7) is 8.66. The molecule has 0 atom stereocenters. The minimum absolute atomic E-state index is 0.0945. The smallest absolute Gasteiger partial charge is 0.300 e. The number of hydrogen-bond acceptors (Lipinski definition) is 5. The highest BCUT2D eigenvalue weighted by molar-refractivity contribution is 5.95. The zero-order valence-electron chi connectivity index (χ0n) is 15.3. The van der Waals surface area contributed by atoms with E-state index in [1.807, 2.05) is 49.9 Å². The fourth-order valence-corrected chi connectivity index (χ4v) is 3.36. The number of nitrogens with zero attached hydrogens (tertiary/aromatic N) is 4. The topological polar surface area (TPSA) is 62.5 Å². The van der Waals surface area contributed by atoms with Crippen LogP contribution in [-0.2, 0) is 0 Å². The van der Waals surface area contributed by atoms with Crippen LogP contribution in [0.1, 0.15) is 27.2 Å². The lowest BCUT2D eigenvalue weighted by Crippen LogP contribution is -2.49. The molecule has 0 N–H and O–H groups in total. The summed E-state index contributed by atoms with van der Waals surface area (Å²) < 4.78 is 5.82. The van der Waals surface area contributed by atoms with Gasteiger partial charge in [0.2, 0.25) is 5.65 Å². The number of amides is 1. The van der Waals surface area contributed by atoms with E-state index in [-0.39, 0.29) is 5.91 Å². The fraction of sp³-hybridized carbons (Fsp3) is 0.350. The Kier molecular flexibility index (Phi) is 4.11. The second-order valence-electron chi connectivity index (χ2n) is 6.87. The monoisotopic (exact) mass is 350 g/mol. The van der Waals surface area contributed by atoms with Gasteiger partial charge in [-0.25, -0.2) is 4.98 Å². The standard InChI is InChI=1S/C20H22N4O2/c1-13-4-6-16(14(2)12-13)19(25)23-8-10-24(11-9-23)20-22-18-17(26-20)7-5-15(3)21-18/h4-7,12H,8-11H2,1-3H3. The van der Waals surface area contributed by atoms with Crippen molar-refractivity contribution in [2.45, 2.75) is 20.8 Å². The summed E-state index contributed by atoms with van der Waals surface area (Å²) in [5, 5.41) is 0. The van der Waals surface area contributed by atoms with Crippen LogP contribution in [0.2, 0.25) is 0 Å². The van der Waals surface area contributed by atoms with Gasteiger partial charge in [-0.1, -0.05) is 17.7 Å². The van der Waals surface area contributed by atoms with Gasteiger partial charge in [0.05, 0.1) is 0 Å². The van der Waals surface area contributed by atoms with Gasteiger partial charge in [0.15, 0.2) is 5.58 Å². The third kappa shape index (κ3) is 3.03. The number of oxazole rings is 1. The molecule has 0 aliphatic carbocycles. The molecule has 1 aliphatic heterocycles. The maximum atomic E-state index is 12.8. The van der Waals surface area contributed by atoms with Gasteiger partial charge in [-0.2, -0.15) is 4.98 Å². The van der Waals surface area contributed by atoms with E-state index in [1.54, 1.807) is 0 Å². The Morgan fingerprint density at radius 3 is 2.50 bits per heavy atom. The minimum Gasteiger partial charge on any atom is -0.422 e. The molecule has 0 bridgehead atoms. The van der Waals surface area contributed by atoms with Gasteiger partial charge in [-0.05, 0) is 44.5 Å². The van der Waals surface area contributed by atoms with Crippen molar-refractivity contribution in [2.75, 3.05) is 31.1 Å². The zero-order chi connectivity index (χ0) is 18.3. The second kappa shape index (κ2) is 6.44. The Morgan fingerprint density at radius 2 is 1.77 bits per heavy atom. The van der Waals surface area contributed by atoms with Gasteiger partial charge in [-0.3, -0.25) is 4.79 Å². The van der Waals surface area contributed by atoms with E-state index in [9.17, 15) is 4.79 Å². The van der Waals surface area contributed by atoms with Gasteiger partial charge in [0.25, 0.3) is 11.9 Å². The number of carbonyl (C=O) groups is 1. The average molecular weight is 350 g/mol. The number of piperazine rings is 1. The van der Waals surface area contributed by atoms with E-state index < -0.39 is 0 Å². The lowest BCUT2D eigenvalue weighted by molar-refractivity contribution is 0.0744. The van der Waals surface area contributed by atoms with Crippen molar-refractivity contribution in [3.8, 4) is 0 Å². The number of anilines is 1. The highest BCUT2D eigenvalue weighted by Gasteiger charge is 2.25. The molecule has 2 aromatic heterocycles. The van der Waals surface area contributed by atoms with Gasteiger partial charge >= 0.3 is 0 Å². The number of fused-ring (bicyclic) bond motifs is 1. The molecule has 26 heavy (non-hydrogen) atoms. The first-order chi connectivity index (χ1) is 12.5. The van der Waals surface area contributed by atoms with Crippen LogP contribution in [0.4, 0.5) is 6.01 Å². The second-order valence-corrected chi connectivity index (χ2v) is 6.87. The highest BCUT2D eigenvalue weighted by Crippen LogP contribution is 2.22. The summed E-state index contributed by atoms with van der Waals surface area (Å²) in [5.41, 5.74) is 5.22. The van der Waals surface area contributed by atoms with Crippen LogP contribution < -0.4 is 4.90 Å². The molecular formula is C20H22N4O2. The number of carbonyl (C=O) groups excluding carboxylic acids is 1. The molecule has 0 radical (unpaired) electrons. The zero-order valence-corrected chi connectivity index (χ0v) is 15.3. The minimum atomic E-state index is 0.0945. The Morgan fingerprint density at radius 1 is 1.00 bits per heavy atom. The van der Waals surface area contributed by atoms with Crippen LogP contribution in [0.5, 0.6) is 0 Å². The first-order valence-corrected chi connectivity index (χ1v) is 8.87.